The zero-order valence-corrected chi connectivity index (χ0v) is 22.9. The monoisotopic (exact) mass is 578 g/mol. The summed E-state index contributed by atoms with van der Waals surface area (Å²) in [5, 5.41) is 21.6. The average molecular weight is 579 g/mol. The molecule has 0 saturated carbocycles. The fraction of sp³-hybridized carbons (Fsp3) is 0.429. The first-order valence-corrected chi connectivity index (χ1v) is 14.0. The maximum absolute atomic E-state index is 13.5. The molecule has 12 heteroatoms. The van der Waals surface area contributed by atoms with Gasteiger partial charge in [-0.3, -0.25) is 15.0 Å². The molecule has 1 aliphatic heterocycles. The lowest BCUT2D eigenvalue weighted by molar-refractivity contribution is -0.143. The van der Waals surface area contributed by atoms with E-state index in [9.17, 15) is 28.3 Å². The number of aromatic nitrogens is 1. The second-order valence-corrected chi connectivity index (χ2v) is 11.1. The van der Waals surface area contributed by atoms with E-state index in [1.54, 1.807) is 25.4 Å². The third kappa shape index (κ3) is 6.52. The number of likely N-dealkylation sites (tertiary alicyclic amines) is 1. The molecule has 0 aliphatic carbocycles. The first kappa shape index (κ1) is 30.1. The summed E-state index contributed by atoms with van der Waals surface area (Å²) in [5.74, 6) is -3.29. The second-order valence-electron chi connectivity index (χ2n) is 9.95. The summed E-state index contributed by atoms with van der Waals surface area (Å²) < 4.78 is 45.5. The molecule has 1 aromatic heterocycles. The summed E-state index contributed by atoms with van der Waals surface area (Å²) in [6.45, 7) is 1.88. The Labute approximate surface area is 234 Å². The number of aliphatic hydroxyl groups excluding tert-OH is 1. The Morgan fingerprint density at radius 3 is 2.55 bits per heavy atom. The highest BCUT2D eigenvalue weighted by Crippen LogP contribution is 2.40. The SMILES string of the molecule is COc1ccc2ncc(CN)c(C(O)CCC3(C(=O)NO)CCN(CCSc4cc(F)c(F)c(F)c4)CC3)c2c1. The van der Waals surface area contributed by atoms with E-state index in [2.05, 4.69) is 9.88 Å². The Bertz CT molecular complexity index is 1330. The van der Waals surface area contributed by atoms with Gasteiger partial charge in [0, 0.05) is 35.3 Å². The third-order valence-corrected chi connectivity index (χ3v) is 8.63. The molecular formula is C28H33F3N4O4S. The van der Waals surface area contributed by atoms with E-state index < -0.39 is 34.9 Å². The van der Waals surface area contributed by atoms with Crippen LogP contribution in [0.5, 0.6) is 5.75 Å². The number of fused-ring (bicyclic) bond motifs is 1. The van der Waals surface area contributed by atoms with E-state index in [-0.39, 0.29) is 13.0 Å². The number of pyridine rings is 1. The number of nitrogens with one attached hydrogen (secondary N) is 1. The first-order chi connectivity index (χ1) is 19.2. The minimum Gasteiger partial charge on any atom is -0.497 e. The highest BCUT2D eigenvalue weighted by Gasteiger charge is 2.41. The van der Waals surface area contributed by atoms with Crippen molar-refractivity contribution in [2.75, 3.05) is 32.5 Å². The molecule has 2 aromatic carbocycles. The summed E-state index contributed by atoms with van der Waals surface area (Å²) in [4.78, 5) is 19.7. The molecule has 1 saturated heterocycles. The number of methoxy groups -OCH3 is 1. The Kier molecular flexibility index (Phi) is 9.90. The van der Waals surface area contributed by atoms with Crippen LogP contribution in [0.25, 0.3) is 10.9 Å². The summed E-state index contributed by atoms with van der Waals surface area (Å²) in [5.41, 5.74) is 8.92. The van der Waals surface area contributed by atoms with Crippen molar-refractivity contribution in [1.29, 1.82) is 0 Å². The number of hydrogen-bond donors (Lipinski definition) is 4. The van der Waals surface area contributed by atoms with Crippen molar-refractivity contribution in [3.05, 3.63) is 65.1 Å². The smallest absolute Gasteiger partial charge is 0.249 e. The molecule has 2 heterocycles. The molecule has 216 valence electrons. The standard InChI is InChI=1S/C28H33F3N4O4S/c1-39-18-2-3-23-20(12-18)25(17(15-32)16-33-23)24(36)4-5-28(27(37)34-38)6-8-35(9-7-28)10-11-40-19-13-21(29)26(31)22(30)14-19/h2-3,12-14,16,24,36,38H,4-11,15,32H2,1H3,(H,34,37). The molecule has 4 rings (SSSR count). The van der Waals surface area contributed by atoms with Gasteiger partial charge >= 0.3 is 0 Å². The molecule has 1 atom stereocenters. The Morgan fingerprint density at radius 1 is 1.23 bits per heavy atom. The van der Waals surface area contributed by atoms with Crippen LogP contribution < -0.4 is 16.0 Å². The number of piperidine rings is 1. The number of hydrogen-bond acceptors (Lipinski definition) is 8. The average Bonchev–Trinajstić information content (AvgIpc) is 2.97. The largest absolute Gasteiger partial charge is 0.497 e. The van der Waals surface area contributed by atoms with Gasteiger partial charge in [-0.25, -0.2) is 18.7 Å². The van der Waals surface area contributed by atoms with Crippen LogP contribution in [0.2, 0.25) is 0 Å². The third-order valence-electron chi connectivity index (χ3n) is 7.68. The number of carbonyl (C=O) groups excluding carboxylic acids is 1. The van der Waals surface area contributed by atoms with Crippen LogP contribution >= 0.6 is 11.8 Å². The maximum Gasteiger partial charge on any atom is 0.249 e. The van der Waals surface area contributed by atoms with Crippen LogP contribution in [-0.4, -0.2) is 58.6 Å². The van der Waals surface area contributed by atoms with Gasteiger partial charge in [0.2, 0.25) is 5.91 Å². The number of thioether (sulfide) groups is 1. The summed E-state index contributed by atoms with van der Waals surface area (Å²) in [6.07, 6.45) is 2.21. The van der Waals surface area contributed by atoms with Gasteiger partial charge in [0.25, 0.3) is 0 Å². The molecule has 0 bridgehead atoms. The number of nitrogens with zero attached hydrogens (tertiary/aromatic N) is 2. The van der Waals surface area contributed by atoms with Crippen LogP contribution in [0.3, 0.4) is 0 Å². The van der Waals surface area contributed by atoms with Gasteiger partial charge < -0.3 is 20.5 Å². The van der Waals surface area contributed by atoms with Crippen molar-refractivity contribution < 1.29 is 33.0 Å². The van der Waals surface area contributed by atoms with Crippen LogP contribution in [-0.2, 0) is 11.3 Å². The quantitative estimate of drug-likeness (QED) is 0.115. The fourth-order valence-electron chi connectivity index (χ4n) is 5.30. The molecule has 40 heavy (non-hydrogen) atoms. The number of halogens is 3. The Balaban J connectivity index is 1.41. The molecule has 5 N–H and O–H groups in total. The van der Waals surface area contributed by atoms with E-state index >= 15 is 0 Å². The molecule has 0 spiro atoms. The van der Waals surface area contributed by atoms with Gasteiger partial charge in [-0.1, -0.05) is 0 Å². The predicted octanol–water partition coefficient (Wildman–Crippen LogP) is 4.31. The topological polar surface area (TPSA) is 121 Å². The molecule has 1 fully saturated rings. The van der Waals surface area contributed by atoms with Gasteiger partial charge in [-0.2, -0.15) is 0 Å². The minimum atomic E-state index is -1.49. The molecule has 1 unspecified atom stereocenters. The van der Waals surface area contributed by atoms with E-state index in [1.807, 2.05) is 11.5 Å². The van der Waals surface area contributed by atoms with Crippen LogP contribution in [0.4, 0.5) is 13.2 Å². The van der Waals surface area contributed by atoms with Crippen molar-refractivity contribution in [2.24, 2.45) is 11.1 Å². The Morgan fingerprint density at radius 2 is 1.93 bits per heavy atom. The van der Waals surface area contributed by atoms with Crippen LogP contribution in [0.15, 0.2) is 41.4 Å². The van der Waals surface area contributed by atoms with Gasteiger partial charge in [0.15, 0.2) is 17.5 Å². The second kappa shape index (κ2) is 13.2. The highest BCUT2D eigenvalue weighted by molar-refractivity contribution is 7.99. The summed E-state index contributed by atoms with van der Waals surface area (Å²) in [6, 6.07) is 7.35. The Hall–Kier alpha value is -2.90. The van der Waals surface area contributed by atoms with Gasteiger partial charge in [-0.05, 0) is 80.2 Å². The van der Waals surface area contributed by atoms with Crippen LogP contribution in [0.1, 0.15) is 42.9 Å². The maximum atomic E-state index is 13.5. The molecule has 1 aliphatic rings. The van der Waals surface area contributed by atoms with Crippen molar-refractivity contribution in [1.82, 2.24) is 15.4 Å². The van der Waals surface area contributed by atoms with Crippen LogP contribution in [0, 0.1) is 22.9 Å². The molecule has 8 nitrogen and oxygen atoms in total. The predicted molar refractivity (Wildman–Crippen MR) is 145 cm³/mol. The number of rotatable bonds is 11. The van der Waals surface area contributed by atoms with Crippen molar-refractivity contribution in [2.45, 2.75) is 43.2 Å². The lowest BCUT2D eigenvalue weighted by Gasteiger charge is -2.40. The zero-order chi connectivity index (χ0) is 28.9. The number of amides is 1. The number of nitrogens with two attached hydrogens (primary N) is 1. The van der Waals surface area contributed by atoms with Gasteiger partial charge in [0.05, 0.1) is 24.1 Å². The molecule has 0 radical (unpaired) electrons. The van der Waals surface area contributed by atoms with Crippen molar-refractivity contribution >= 4 is 28.6 Å². The summed E-state index contributed by atoms with van der Waals surface area (Å²) in [7, 11) is 1.56. The van der Waals surface area contributed by atoms with E-state index in [4.69, 9.17) is 10.5 Å². The number of carbonyl (C=O) groups is 1. The highest BCUT2D eigenvalue weighted by atomic mass is 32.2. The number of ether oxygens (including phenoxy) is 1. The normalized spacial score (nSPS) is 16.2. The lowest BCUT2D eigenvalue weighted by atomic mass is 9.73. The van der Waals surface area contributed by atoms with E-state index in [1.165, 1.54) is 11.8 Å². The first-order valence-electron chi connectivity index (χ1n) is 13.0. The number of hydroxylamine groups is 1. The molecular weight excluding hydrogens is 545 g/mol. The fourth-order valence-corrected chi connectivity index (χ4v) is 6.25. The van der Waals surface area contributed by atoms with Gasteiger partial charge in [-0.15, -0.1) is 11.8 Å². The summed E-state index contributed by atoms with van der Waals surface area (Å²) >= 11 is 1.22. The minimum absolute atomic E-state index is 0.180. The lowest BCUT2D eigenvalue weighted by Crippen LogP contribution is -2.48. The molecule has 1 amide bonds. The zero-order valence-electron chi connectivity index (χ0n) is 22.1. The van der Waals surface area contributed by atoms with E-state index in [0.29, 0.717) is 71.9 Å². The molecule has 3 aromatic rings. The van der Waals surface area contributed by atoms with E-state index in [0.717, 1.165) is 17.5 Å². The number of benzene rings is 2. The van der Waals surface area contributed by atoms with Crippen molar-refractivity contribution in [3.63, 3.8) is 0 Å². The van der Waals surface area contributed by atoms with Gasteiger partial charge in [0.1, 0.15) is 5.75 Å². The van der Waals surface area contributed by atoms with Crippen molar-refractivity contribution in [3.8, 4) is 5.75 Å². The number of aliphatic hydroxyl groups is 1.